The van der Waals surface area contributed by atoms with E-state index in [2.05, 4.69) is 31.0 Å². The number of aliphatic carboxylic acids is 1. The van der Waals surface area contributed by atoms with Crippen molar-refractivity contribution >= 4 is 40.6 Å². The molecule has 4 aromatic rings. The maximum Gasteiger partial charge on any atom is 0.416 e. The Kier molecular flexibility index (Phi) is 8.90. The predicted octanol–water partition coefficient (Wildman–Crippen LogP) is 4.54. The van der Waals surface area contributed by atoms with Gasteiger partial charge in [0.1, 0.15) is 18.0 Å². The van der Waals surface area contributed by atoms with Crippen LogP contribution in [-0.4, -0.2) is 81.4 Å². The number of nitrogens with zero attached hydrogens (tertiary/aromatic N) is 6. The van der Waals surface area contributed by atoms with Gasteiger partial charge in [-0.05, 0) is 49.7 Å². The SMILES string of the molecule is CNc1cc(-n2nc(C)cc2Nc2cc(NC(=O)c3cc(N4CCN(CC(=O)O)CC4)cc(C(F)(F)F)c3)ccc2C)ncn1. The second kappa shape index (κ2) is 12.8. The molecule has 0 bridgehead atoms. The molecule has 5 rings (SSSR count). The molecule has 0 saturated carbocycles. The van der Waals surface area contributed by atoms with Crippen LogP contribution in [0.25, 0.3) is 5.82 Å². The number of carboxylic acid groups (broad SMARTS) is 1. The molecule has 1 amide bonds. The quantitative estimate of drug-likeness (QED) is 0.210. The highest BCUT2D eigenvalue weighted by atomic mass is 19.4. The molecule has 0 atom stereocenters. The third-order valence-corrected chi connectivity index (χ3v) is 7.32. The van der Waals surface area contributed by atoms with Gasteiger partial charge in [-0.25, -0.2) is 9.97 Å². The molecular formula is C30H32F3N9O3. The number of nitrogens with one attached hydrogen (secondary N) is 3. The number of anilines is 5. The maximum atomic E-state index is 13.9. The summed E-state index contributed by atoms with van der Waals surface area (Å²) in [6, 6.07) is 12.0. The minimum absolute atomic E-state index is 0.142. The van der Waals surface area contributed by atoms with Crippen molar-refractivity contribution in [1.29, 1.82) is 0 Å². The maximum absolute atomic E-state index is 13.9. The van der Waals surface area contributed by atoms with Gasteiger partial charge in [0.25, 0.3) is 5.91 Å². The summed E-state index contributed by atoms with van der Waals surface area (Å²) in [6.07, 6.45) is -3.25. The lowest BCUT2D eigenvalue weighted by atomic mass is 10.1. The van der Waals surface area contributed by atoms with Crippen LogP contribution in [0.3, 0.4) is 0 Å². The number of rotatable bonds is 9. The van der Waals surface area contributed by atoms with E-state index in [0.717, 1.165) is 23.4 Å². The van der Waals surface area contributed by atoms with Crippen LogP contribution in [0.2, 0.25) is 0 Å². The van der Waals surface area contributed by atoms with Gasteiger partial charge >= 0.3 is 12.1 Å². The van der Waals surface area contributed by atoms with Gasteiger partial charge in [0.15, 0.2) is 5.82 Å². The van der Waals surface area contributed by atoms with Gasteiger partial charge in [-0.3, -0.25) is 14.5 Å². The Morgan fingerprint density at radius 1 is 0.978 bits per heavy atom. The van der Waals surface area contributed by atoms with Crippen molar-refractivity contribution in [3.63, 3.8) is 0 Å². The van der Waals surface area contributed by atoms with E-state index in [1.807, 2.05) is 19.9 Å². The van der Waals surface area contributed by atoms with E-state index in [4.69, 9.17) is 5.11 Å². The summed E-state index contributed by atoms with van der Waals surface area (Å²) in [4.78, 5) is 36.2. The number of carboxylic acids is 1. The molecule has 0 spiro atoms. The topological polar surface area (TPSA) is 141 Å². The van der Waals surface area contributed by atoms with Gasteiger partial charge in [0.05, 0.1) is 17.8 Å². The lowest BCUT2D eigenvalue weighted by Gasteiger charge is -2.35. The molecule has 15 heteroatoms. The van der Waals surface area contributed by atoms with Crippen molar-refractivity contribution in [3.8, 4) is 5.82 Å². The van der Waals surface area contributed by atoms with Gasteiger partial charge < -0.3 is 26.0 Å². The molecule has 45 heavy (non-hydrogen) atoms. The van der Waals surface area contributed by atoms with Crippen LogP contribution in [-0.2, 0) is 11.0 Å². The zero-order chi connectivity index (χ0) is 32.3. The largest absolute Gasteiger partial charge is 0.480 e. The first-order valence-corrected chi connectivity index (χ1v) is 14.1. The smallest absolute Gasteiger partial charge is 0.416 e. The standard InChI is InChI=1S/C30H32F3N9O3/c1-18-4-5-22(14-24(18)38-27-10-19(2)39-42(27)26-15-25(34-3)35-17-36-26)37-29(45)20-11-21(30(31,32)33)13-23(12-20)41-8-6-40(7-9-41)16-28(43)44/h4-5,10-15,17,38H,6-9,16H2,1-3H3,(H,37,45)(H,43,44)(H,34,35,36). The molecule has 236 valence electrons. The number of halogens is 3. The fourth-order valence-electron chi connectivity index (χ4n) is 4.98. The van der Waals surface area contributed by atoms with Crippen molar-refractivity contribution in [2.45, 2.75) is 20.0 Å². The first kappa shape index (κ1) is 31.3. The lowest BCUT2D eigenvalue weighted by Crippen LogP contribution is -2.48. The summed E-state index contributed by atoms with van der Waals surface area (Å²) in [6.45, 7) is 4.96. The summed E-state index contributed by atoms with van der Waals surface area (Å²) >= 11 is 0. The third kappa shape index (κ3) is 7.49. The molecule has 0 unspecified atom stereocenters. The van der Waals surface area contributed by atoms with Gasteiger partial charge in [0, 0.05) is 68.0 Å². The summed E-state index contributed by atoms with van der Waals surface area (Å²) in [7, 11) is 1.74. The molecule has 1 saturated heterocycles. The van der Waals surface area contributed by atoms with Crippen molar-refractivity contribution < 1.29 is 27.9 Å². The highest BCUT2D eigenvalue weighted by molar-refractivity contribution is 6.05. The number of hydrogen-bond donors (Lipinski definition) is 4. The highest BCUT2D eigenvalue weighted by Gasteiger charge is 2.33. The van der Waals surface area contributed by atoms with E-state index in [1.165, 1.54) is 12.4 Å². The van der Waals surface area contributed by atoms with E-state index in [-0.39, 0.29) is 17.8 Å². The third-order valence-electron chi connectivity index (χ3n) is 7.32. The molecule has 1 fully saturated rings. The Balaban J connectivity index is 1.38. The molecule has 3 heterocycles. The van der Waals surface area contributed by atoms with E-state index in [9.17, 15) is 22.8 Å². The molecule has 0 radical (unpaired) electrons. The van der Waals surface area contributed by atoms with Crippen LogP contribution in [0.5, 0.6) is 0 Å². The van der Waals surface area contributed by atoms with Crippen LogP contribution in [0.1, 0.15) is 27.2 Å². The predicted molar refractivity (Wildman–Crippen MR) is 164 cm³/mol. The van der Waals surface area contributed by atoms with E-state index >= 15 is 0 Å². The number of piperazine rings is 1. The molecule has 4 N–H and O–H groups in total. The average molecular weight is 624 g/mol. The normalized spacial score (nSPS) is 13.9. The number of alkyl halides is 3. The monoisotopic (exact) mass is 623 g/mol. The number of benzene rings is 2. The molecule has 2 aromatic carbocycles. The Bertz CT molecular complexity index is 1720. The fraction of sp³-hybridized carbons (Fsp3) is 0.300. The number of carbonyl (C=O) groups excluding carboxylic acids is 1. The van der Waals surface area contributed by atoms with Crippen molar-refractivity contribution in [1.82, 2.24) is 24.6 Å². The second-order valence-electron chi connectivity index (χ2n) is 10.6. The Labute approximate surface area is 256 Å². The Morgan fingerprint density at radius 3 is 2.42 bits per heavy atom. The molecule has 0 aliphatic carbocycles. The number of carbonyl (C=O) groups is 2. The van der Waals surface area contributed by atoms with Gasteiger partial charge in [0.2, 0.25) is 0 Å². The zero-order valence-corrected chi connectivity index (χ0v) is 24.8. The first-order valence-electron chi connectivity index (χ1n) is 14.1. The number of aryl methyl sites for hydroxylation is 2. The average Bonchev–Trinajstić information content (AvgIpc) is 3.38. The van der Waals surface area contributed by atoms with Gasteiger partial charge in [-0.15, -0.1) is 0 Å². The van der Waals surface area contributed by atoms with Crippen LogP contribution >= 0.6 is 0 Å². The second-order valence-corrected chi connectivity index (χ2v) is 10.6. The van der Waals surface area contributed by atoms with Gasteiger partial charge in [-0.2, -0.15) is 23.0 Å². The van der Waals surface area contributed by atoms with Crippen LogP contribution in [0.4, 0.5) is 41.9 Å². The van der Waals surface area contributed by atoms with Crippen LogP contribution in [0.15, 0.2) is 54.9 Å². The molecule has 1 aliphatic rings. The number of hydrogen-bond acceptors (Lipinski definition) is 9. The first-order chi connectivity index (χ1) is 21.4. The van der Waals surface area contributed by atoms with Gasteiger partial charge in [-0.1, -0.05) is 6.07 Å². The lowest BCUT2D eigenvalue weighted by molar-refractivity contribution is -0.139. The molecule has 12 nitrogen and oxygen atoms in total. The Morgan fingerprint density at radius 2 is 1.73 bits per heavy atom. The zero-order valence-electron chi connectivity index (χ0n) is 24.8. The number of aromatic nitrogens is 4. The van der Waals surface area contributed by atoms with Crippen LogP contribution < -0.4 is 20.9 Å². The van der Waals surface area contributed by atoms with E-state index in [0.29, 0.717) is 55.0 Å². The van der Waals surface area contributed by atoms with Crippen molar-refractivity contribution in [2.75, 3.05) is 60.6 Å². The van der Waals surface area contributed by atoms with E-state index in [1.54, 1.807) is 45.8 Å². The highest BCUT2D eigenvalue weighted by Crippen LogP contribution is 2.34. The van der Waals surface area contributed by atoms with E-state index < -0.39 is 23.6 Å². The molecule has 1 aliphatic heterocycles. The summed E-state index contributed by atoms with van der Waals surface area (Å²) in [5, 5.41) is 22.6. The number of amides is 1. The summed E-state index contributed by atoms with van der Waals surface area (Å²) in [5.41, 5.74) is 1.73. The molecular weight excluding hydrogens is 591 g/mol. The van der Waals surface area contributed by atoms with Crippen molar-refractivity contribution in [3.05, 3.63) is 77.2 Å². The Hall–Kier alpha value is -5.18. The van der Waals surface area contributed by atoms with Crippen molar-refractivity contribution in [2.24, 2.45) is 0 Å². The molecule has 2 aromatic heterocycles. The van der Waals surface area contributed by atoms with Crippen LogP contribution in [0, 0.1) is 13.8 Å². The minimum atomic E-state index is -4.67. The fourth-order valence-corrected chi connectivity index (χ4v) is 4.98. The summed E-state index contributed by atoms with van der Waals surface area (Å²) in [5.74, 6) is 0.0633. The summed E-state index contributed by atoms with van der Waals surface area (Å²) < 4.78 is 43.2. The minimum Gasteiger partial charge on any atom is -0.480 e.